The molecule has 2 unspecified atom stereocenters. The van der Waals surface area contributed by atoms with Crippen molar-refractivity contribution >= 4 is 11.9 Å². The molecule has 114 valence electrons. The number of benzene rings is 1. The van der Waals surface area contributed by atoms with Crippen LogP contribution in [0.4, 0.5) is 4.39 Å². The zero-order chi connectivity index (χ0) is 15.4. The number of β-amino-alcohol motifs (C(OH)–C–C–N with tert-alkyl or cyclic N) is 1. The van der Waals surface area contributed by atoms with Crippen LogP contribution in [0, 0.1) is 5.82 Å². The van der Waals surface area contributed by atoms with E-state index in [0.717, 1.165) is 5.56 Å². The Labute approximate surface area is 122 Å². The topological polar surface area (TPSA) is 66.8 Å². The number of ether oxygens (including phenoxy) is 1. The number of halogens is 1. The Morgan fingerprint density at radius 2 is 2.05 bits per heavy atom. The molecule has 0 saturated carbocycles. The van der Waals surface area contributed by atoms with Crippen LogP contribution in [0.5, 0.6) is 0 Å². The van der Waals surface area contributed by atoms with E-state index >= 15 is 0 Å². The molecule has 2 atom stereocenters. The van der Waals surface area contributed by atoms with Gasteiger partial charge < -0.3 is 14.7 Å². The number of aliphatic hydroxyl groups is 1. The Kier molecular flexibility index (Phi) is 4.90. The number of hydrogen-bond donors (Lipinski definition) is 1. The highest BCUT2D eigenvalue weighted by atomic mass is 19.1. The summed E-state index contributed by atoms with van der Waals surface area (Å²) >= 11 is 0. The summed E-state index contributed by atoms with van der Waals surface area (Å²) in [4.78, 5) is 25.2. The van der Waals surface area contributed by atoms with Gasteiger partial charge in [0.25, 0.3) is 0 Å². The van der Waals surface area contributed by atoms with E-state index in [1.54, 1.807) is 12.1 Å². The lowest BCUT2D eigenvalue weighted by Crippen LogP contribution is -2.41. The van der Waals surface area contributed by atoms with E-state index in [4.69, 9.17) is 0 Å². The van der Waals surface area contributed by atoms with Gasteiger partial charge >= 0.3 is 5.97 Å². The second kappa shape index (κ2) is 6.67. The molecule has 6 heteroatoms. The van der Waals surface area contributed by atoms with Gasteiger partial charge in [-0.3, -0.25) is 4.79 Å². The molecule has 1 aliphatic heterocycles. The third-order valence-electron chi connectivity index (χ3n) is 3.61. The number of rotatable bonds is 4. The lowest BCUT2D eigenvalue weighted by Gasteiger charge is -2.22. The molecule has 2 rings (SSSR count). The quantitative estimate of drug-likeness (QED) is 0.838. The second-order valence-corrected chi connectivity index (χ2v) is 5.10. The maximum absolute atomic E-state index is 12.8. The molecule has 1 saturated heterocycles. The molecule has 21 heavy (non-hydrogen) atoms. The lowest BCUT2D eigenvalue weighted by molar-refractivity contribution is -0.150. The summed E-state index contributed by atoms with van der Waals surface area (Å²) in [7, 11) is 1.26. The van der Waals surface area contributed by atoms with Gasteiger partial charge in [0.15, 0.2) is 0 Å². The summed E-state index contributed by atoms with van der Waals surface area (Å²) in [5, 5.41) is 9.64. The molecule has 0 bridgehead atoms. The van der Waals surface area contributed by atoms with E-state index in [2.05, 4.69) is 4.74 Å². The third-order valence-corrected chi connectivity index (χ3v) is 3.61. The van der Waals surface area contributed by atoms with Gasteiger partial charge in [0, 0.05) is 19.4 Å². The van der Waals surface area contributed by atoms with Gasteiger partial charge in [-0.2, -0.15) is 0 Å². The number of esters is 1. The van der Waals surface area contributed by atoms with E-state index in [-0.39, 0.29) is 31.1 Å². The number of nitrogens with zero attached hydrogens (tertiary/aromatic N) is 1. The fourth-order valence-corrected chi connectivity index (χ4v) is 2.49. The van der Waals surface area contributed by atoms with Crippen LogP contribution in [-0.4, -0.2) is 47.7 Å². The fourth-order valence-electron chi connectivity index (χ4n) is 2.49. The predicted molar refractivity (Wildman–Crippen MR) is 72.9 cm³/mol. The van der Waals surface area contributed by atoms with Crippen molar-refractivity contribution in [3.8, 4) is 0 Å². The molecule has 5 nitrogen and oxygen atoms in total. The van der Waals surface area contributed by atoms with Crippen molar-refractivity contribution in [3.05, 3.63) is 35.6 Å². The van der Waals surface area contributed by atoms with Gasteiger partial charge in [-0.25, -0.2) is 9.18 Å². The minimum atomic E-state index is -0.717. The lowest BCUT2D eigenvalue weighted by atomic mass is 10.1. The first-order valence-corrected chi connectivity index (χ1v) is 6.81. The monoisotopic (exact) mass is 295 g/mol. The van der Waals surface area contributed by atoms with E-state index < -0.39 is 18.1 Å². The molecule has 0 spiro atoms. The summed E-state index contributed by atoms with van der Waals surface area (Å²) in [6.07, 6.45) is 0.157. The average Bonchev–Trinajstić information content (AvgIpc) is 2.87. The van der Waals surface area contributed by atoms with Crippen LogP contribution < -0.4 is 0 Å². The summed E-state index contributed by atoms with van der Waals surface area (Å²) < 4.78 is 17.5. The van der Waals surface area contributed by atoms with Crippen LogP contribution in [0.1, 0.15) is 18.4 Å². The highest BCUT2D eigenvalue weighted by molar-refractivity contribution is 5.85. The van der Waals surface area contributed by atoms with E-state index in [1.165, 1.54) is 24.1 Å². The summed E-state index contributed by atoms with van der Waals surface area (Å²) in [5.74, 6) is -1.05. The smallest absolute Gasteiger partial charge is 0.328 e. The summed E-state index contributed by atoms with van der Waals surface area (Å²) in [6.45, 7) is 0.141. The van der Waals surface area contributed by atoms with E-state index in [1.807, 2.05) is 0 Å². The molecule has 1 aromatic rings. The van der Waals surface area contributed by atoms with Gasteiger partial charge in [-0.1, -0.05) is 12.1 Å². The Hall–Kier alpha value is -1.95. The van der Waals surface area contributed by atoms with Crippen LogP contribution >= 0.6 is 0 Å². The van der Waals surface area contributed by atoms with Crippen molar-refractivity contribution in [2.75, 3.05) is 13.7 Å². The third kappa shape index (κ3) is 3.78. The maximum Gasteiger partial charge on any atom is 0.328 e. The molecule has 0 aliphatic carbocycles. The van der Waals surface area contributed by atoms with Crippen LogP contribution in [0.2, 0.25) is 0 Å². The molecular formula is C15H18FNO4. The Balaban J connectivity index is 1.95. The molecule has 1 aromatic carbocycles. The van der Waals surface area contributed by atoms with E-state index in [9.17, 15) is 19.1 Å². The number of aryl methyl sites for hydroxylation is 1. The van der Waals surface area contributed by atoms with E-state index in [0.29, 0.717) is 6.42 Å². The first-order valence-electron chi connectivity index (χ1n) is 6.81. The Morgan fingerprint density at radius 3 is 2.67 bits per heavy atom. The Morgan fingerprint density at radius 1 is 1.38 bits per heavy atom. The normalized spacial score (nSPS) is 21.4. The van der Waals surface area contributed by atoms with Crippen LogP contribution in [-0.2, 0) is 20.7 Å². The van der Waals surface area contributed by atoms with Crippen LogP contribution in [0.25, 0.3) is 0 Å². The van der Waals surface area contributed by atoms with Gasteiger partial charge in [0.2, 0.25) is 5.91 Å². The number of methoxy groups -OCH3 is 1. The molecular weight excluding hydrogens is 277 g/mol. The highest BCUT2D eigenvalue weighted by Crippen LogP contribution is 2.20. The van der Waals surface area contributed by atoms with Crippen molar-refractivity contribution in [2.45, 2.75) is 31.4 Å². The van der Waals surface area contributed by atoms with Gasteiger partial charge in [-0.05, 0) is 24.1 Å². The number of hydrogen-bond acceptors (Lipinski definition) is 4. The van der Waals surface area contributed by atoms with Crippen molar-refractivity contribution in [3.63, 3.8) is 0 Å². The molecule has 1 N–H and O–H groups in total. The highest BCUT2D eigenvalue weighted by Gasteiger charge is 2.39. The van der Waals surface area contributed by atoms with Crippen LogP contribution in [0.3, 0.4) is 0 Å². The van der Waals surface area contributed by atoms with Crippen molar-refractivity contribution < 1.29 is 23.8 Å². The summed E-state index contributed by atoms with van der Waals surface area (Å²) in [5.41, 5.74) is 0.846. The largest absolute Gasteiger partial charge is 0.467 e. The average molecular weight is 295 g/mol. The SMILES string of the molecule is COC(=O)C1CC(O)CN1C(=O)CCc1ccc(F)cc1. The molecule has 0 aromatic heterocycles. The first-order chi connectivity index (χ1) is 10.0. The number of carbonyl (C=O) groups is 2. The number of aliphatic hydroxyl groups excluding tert-OH is 1. The predicted octanol–water partition coefficient (Wildman–Crippen LogP) is 0.893. The molecule has 1 amide bonds. The number of amides is 1. The van der Waals surface area contributed by atoms with Crippen molar-refractivity contribution in [2.24, 2.45) is 0 Å². The molecule has 1 heterocycles. The molecule has 1 aliphatic rings. The number of likely N-dealkylation sites (tertiary alicyclic amines) is 1. The molecule has 0 radical (unpaired) electrons. The second-order valence-electron chi connectivity index (χ2n) is 5.10. The maximum atomic E-state index is 12.8. The van der Waals surface area contributed by atoms with Crippen molar-refractivity contribution in [1.29, 1.82) is 0 Å². The minimum Gasteiger partial charge on any atom is -0.467 e. The fraction of sp³-hybridized carbons (Fsp3) is 0.467. The minimum absolute atomic E-state index is 0.141. The first kappa shape index (κ1) is 15.4. The summed E-state index contributed by atoms with van der Waals surface area (Å²) in [6, 6.07) is 5.22. The van der Waals surface area contributed by atoms with Gasteiger partial charge in [0.05, 0.1) is 13.2 Å². The van der Waals surface area contributed by atoms with Gasteiger partial charge in [0.1, 0.15) is 11.9 Å². The Bertz CT molecular complexity index is 517. The number of carbonyl (C=O) groups excluding carboxylic acids is 2. The van der Waals surface area contributed by atoms with Crippen molar-refractivity contribution in [1.82, 2.24) is 4.90 Å². The zero-order valence-electron chi connectivity index (χ0n) is 11.8. The molecule has 1 fully saturated rings. The van der Waals surface area contributed by atoms with Crippen LogP contribution in [0.15, 0.2) is 24.3 Å². The standard InChI is InChI=1S/C15H18FNO4/c1-21-15(20)13-8-12(18)9-17(13)14(19)7-4-10-2-5-11(16)6-3-10/h2-3,5-6,12-13,18H,4,7-9H2,1H3. The van der Waals surface area contributed by atoms with Gasteiger partial charge in [-0.15, -0.1) is 0 Å². The zero-order valence-corrected chi connectivity index (χ0v) is 11.8.